The predicted octanol–water partition coefficient (Wildman–Crippen LogP) is 3.72. The Balaban J connectivity index is 1.73. The minimum Gasteiger partial charge on any atom is -0.444 e. The molecule has 1 saturated heterocycles. The number of halogens is 1. The third kappa shape index (κ3) is 5.16. The standard InChI is InChI=1S/C21H26BrN3O3/c1-21(2,3)28-20(27)24-11-9-23(10-12-24)18-13-17(22)15-25(19(18)26)14-16-7-5-4-6-8-16/h4-8,13,15H,9-12,14H2,1-3H3. The van der Waals surface area contributed by atoms with Crippen molar-refractivity contribution >= 4 is 27.7 Å². The Labute approximate surface area is 173 Å². The molecule has 6 nitrogen and oxygen atoms in total. The number of benzene rings is 1. The van der Waals surface area contributed by atoms with E-state index in [0.717, 1.165) is 10.0 Å². The van der Waals surface area contributed by atoms with Gasteiger partial charge in [0.05, 0.1) is 6.54 Å². The fourth-order valence-electron chi connectivity index (χ4n) is 3.16. The first-order chi connectivity index (χ1) is 13.2. The van der Waals surface area contributed by atoms with Gasteiger partial charge < -0.3 is 19.1 Å². The van der Waals surface area contributed by atoms with Crippen molar-refractivity contribution < 1.29 is 9.53 Å². The third-order valence-electron chi connectivity index (χ3n) is 4.50. The first kappa shape index (κ1) is 20.5. The van der Waals surface area contributed by atoms with Crippen LogP contribution in [0.1, 0.15) is 26.3 Å². The van der Waals surface area contributed by atoms with Crippen molar-refractivity contribution in [2.24, 2.45) is 0 Å². The second-order valence-corrected chi connectivity index (χ2v) is 8.83. The van der Waals surface area contributed by atoms with Gasteiger partial charge in [-0.25, -0.2) is 4.79 Å². The number of carbonyl (C=O) groups excluding carboxylic acids is 1. The van der Waals surface area contributed by atoms with Crippen LogP contribution in [0.2, 0.25) is 0 Å². The van der Waals surface area contributed by atoms with E-state index in [0.29, 0.717) is 38.4 Å². The number of ether oxygens (including phenoxy) is 1. The van der Waals surface area contributed by atoms with Gasteiger partial charge in [0.2, 0.25) is 0 Å². The number of pyridine rings is 1. The van der Waals surface area contributed by atoms with E-state index in [1.807, 2.05) is 68.3 Å². The molecule has 0 unspecified atom stereocenters. The molecule has 0 radical (unpaired) electrons. The second kappa shape index (κ2) is 8.39. The van der Waals surface area contributed by atoms with E-state index in [1.165, 1.54) is 0 Å². The van der Waals surface area contributed by atoms with Crippen LogP contribution in [-0.4, -0.2) is 47.3 Å². The summed E-state index contributed by atoms with van der Waals surface area (Å²) in [7, 11) is 0. The number of carbonyl (C=O) groups is 1. The largest absolute Gasteiger partial charge is 0.444 e. The maximum Gasteiger partial charge on any atom is 0.410 e. The van der Waals surface area contributed by atoms with Crippen LogP contribution < -0.4 is 10.5 Å². The van der Waals surface area contributed by atoms with Crippen LogP contribution in [-0.2, 0) is 11.3 Å². The Bertz CT molecular complexity index is 882. The summed E-state index contributed by atoms with van der Waals surface area (Å²) in [6, 6.07) is 11.8. The molecule has 0 bridgehead atoms. The highest BCUT2D eigenvalue weighted by Gasteiger charge is 2.27. The zero-order valence-electron chi connectivity index (χ0n) is 16.5. The maximum absolute atomic E-state index is 13.0. The van der Waals surface area contributed by atoms with Gasteiger partial charge in [0.1, 0.15) is 11.3 Å². The van der Waals surface area contributed by atoms with Crippen LogP contribution in [0.25, 0.3) is 0 Å². The van der Waals surface area contributed by atoms with Gasteiger partial charge in [0, 0.05) is 36.8 Å². The van der Waals surface area contributed by atoms with Crippen molar-refractivity contribution in [3.05, 3.63) is 63.0 Å². The molecule has 0 atom stereocenters. The van der Waals surface area contributed by atoms with Crippen LogP contribution in [0.4, 0.5) is 10.5 Å². The summed E-state index contributed by atoms with van der Waals surface area (Å²) in [5.41, 5.74) is 1.18. The van der Waals surface area contributed by atoms with Crippen LogP contribution in [0, 0.1) is 0 Å². The van der Waals surface area contributed by atoms with Gasteiger partial charge >= 0.3 is 6.09 Å². The summed E-state index contributed by atoms with van der Waals surface area (Å²) < 4.78 is 8.01. The molecule has 2 heterocycles. The van der Waals surface area contributed by atoms with Crippen molar-refractivity contribution in [3.63, 3.8) is 0 Å². The number of hydrogen-bond acceptors (Lipinski definition) is 4. The summed E-state index contributed by atoms with van der Waals surface area (Å²) in [5, 5.41) is 0. The van der Waals surface area contributed by atoms with E-state index in [1.54, 1.807) is 9.47 Å². The lowest BCUT2D eigenvalue weighted by molar-refractivity contribution is 0.0240. The summed E-state index contributed by atoms with van der Waals surface area (Å²) in [5.74, 6) is 0. The van der Waals surface area contributed by atoms with E-state index in [9.17, 15) is 9.59 Å². The summed E-state index contributed by atoms with van der Waals surface area (Å²) in [6.07, 6.45) is 1.51. The minimum absolute atomic E-state index is 0.0298. The van der Waals surface area contributed by atoms with Gasteiger partial charge in [0.25, 0.3) is 5.56 Å². The smallest absolute Gasteiger partial charge is 0.410 e. The Morgan fingerprint density at radius 1 is 1.11 bits per heavy atom. The van der Waals surface area contributed by atoms with E-state index >= 15 is 0 Å². The number of rotatable bonds is 3. The Morgan fingerprint density at radius 3 is 2.36 bits per heavy atom. The SMILES string of the molecule is CC(C)(C)OC(=O)N1CCN(c2cc(Br)cn(Cc3ccccc3)c2=O)CC1. The average molecular weight is 448 g/mol. The topological polar surface area (TPSA) is 54.8 Å². The van der Waals surface area contributed by atoms with E-state index < -0.39 is 5.60 Å². The second-order valence-electron chi connectivity index (χ2n) is 7.92. The van der Waals surface area contributed by atoms with Gasteiger partial charge in [-0.3, -0.25) is 4.79 Å². The monoisotopic (exact) mass is 447 g/mol. The molecule has 0 saturated carbocycles. The van der Waals surface area contributed by atoms with Crippen molar-refractivity contribution in [1.29, 1.82) is 0 Å². The average Bonchev–Trinajstić information content (AvgIpc) is 2.64. The van der Waals surface area contributed by atoms with Gasteiger partial charge in [-0.1, -0.05) is 30.3 Å². The first-order valence-electron chi connectivity index (χ1n) is 9.40. The summed E-state index contributed by atoms with van der Waals surface area (Å²) >= 11 is 3.52. The normalized spacial score (nSPS) is 14.9. The van der Waals surface area contributed by atoms with Crippen molar-refractivity contribution in [2.75, 3.05) is 31.1 Å². The lowest BCUT2D eigenvalue weighted by Gasteiger charge is -2.36. The molecule has 1 fully saturated rings. The molecule has 2 aromatic rings. The molecule has 3 rings (SSSR count). The lowest BCUT2D eigenvalue weighted by atomic mass is 10.2. The number of nitrogens with zero attached hydrogens (tertiary/aromatic N) is 3. The van der Waals surface area contributed by atoms with Crippen LogP contribution in [0.15, 0.2) is 51.9 Å². The number of amides is 1. The summed E-state index contributed by atoms with van der Waals surface area (Å²) in [6.45, 7) is 8.34. The Kier molecular flexibility index (Phi) is 6.13. The minimum atomic E-state index is -0.510. The number of piperazine rings is 1. The van der Waals surface area contributed by atoms with E-state index in [-0.39, 0.29) is 11.7 Å². The van der Waals surface area contributed by atoms with Gasteiger partial charge in [-0.2, -0.15) is 0 Å². The molecular formula is C21H26BrN3O3. The highest BCUT2D eigenvalue weighted by Crippen LogP contribution is 2.19. The highest BCUT2D eigenvalue weighted by atomic mass is 79.9. The molecule has 1 aromatic carbocycles. The van der Waals surface area contributed by atoms with E-state index in [2.05, 4.69) is 15.9 Å². The van der Waals surface area contributed by atoms with Gasteiger partial charge in [-0.15, -0.1) is 0 Å². The van der Waals surface area contributed by atoms with Gasteiger partial charge in [-0.05, 0) is 48.3 Å². The quantitative estimate of drug-likeness (QED) is 0.719. The third-order valence-corrected chi connectivity index (χ3v) is 4.94. The molecule has 0 N–H and O–H groups in total. The number of hydrogen-bond donors (Lipinski definition) is 0. The van der Waals surface area contributed by atoms with Crippen LogP contribution >= 0.6 is 15.9 Å². The molecule has 7 heteroatoms. The molecule has 1 amide bonds. The van der Waals surface area contributed by atoms with Crippen molar-refractivity contribution in [1.82, 2.24) is 9.47 Å². The maximum atomic E-state index is 13.0. The fraction of sp³-hybridized carbons (Fsp3) is 0.429. The predicted molar refractivity (Wildman–Crippen MR) is 114 cm³/mol. The van der Waals surface area contributed by atoms with Crippen molar-refractivity contribution in [2.45, 2.75) is 32.9 Å². The molecule has 1 aromatic heterocycles. The number of anilines is 1. The van der Waals surface area contributed by atoms with E-state index in [4.69, 9.17) is 4.74 Å². The fourth-order valence-corrected chi connectivity index (χ4v) is 3.63. The molecule has 0 aliphatic carbocycles. The van der Waals surface area contributed by atoms with Crippen LogP contribution in [0.5, 0.6) is 0 Å². The molecule has 28 heavy (non-hydrogen) atoms. The Morgan fingerprint density at radius 2 is 1.75 bits per heavy atom. The molecule has 150 valence electrons. The van der Waals surface area contributed by atoms with Gasteiger partial charge in [0.15, 0.2) is 0 Å². The highest BCUT2D eigenvalue weighted by molar-refractivity contribution is 9.10. The number of aromatic nitrogens is 1. The molecule has 1 aliphatic heterocycles. The zero-order chi connectivity index (χ0) is 20.3. The van der Waals surface area contributed by atoms with Crippen LogP contribution in [0.3, 0.4) is 0 Å². The molecule has 1 aliphatic rings. The lowest BCUT2D eigenvalue weighted by Crippen LogP contribution is -2.51. The zero-order valence-corrected chi connectivity index (χ0v) is 18.1. The Hall–Kier alpha value is -2.28. The molecule has 0 spiro atoms. The molecular weight excluding hydrogens is 422 g/mol. The van der Waals surface area contributed by atoms with Crippen molar-refractivity contribution in [3.8, 4) is 0 Å². The first-order valence-corrected chi connectivity index (χ1v) is 10.2. The summed E-state index contributed by atoms with van der Waals surface area (Å²) in [4.78, 5) is 29.0.